The molecule has 5 heteroatoms. The Balaban J connectivity index is 2.33. The second-order valence-corrected chi connectivity index (χ2v) is 6.35. The molecule has 0 radical (unpaired) electrons. The summed E-state index contributed by atoms with van der Waals surface area (Å²) in [4.78, 5) is 0. The van der Waals surface area contributed by atoms with Crippen LogP contribution in [-0.2, 0) is 10.8 Å². The van der Waals surface area contributed by atoms with E-state index >= 15 is 0 Å². The Labute approximate surface area is 116 Å². The summed E-state index contributed by atoms with van der Waals surface area (Å²) in [7, 11) is -0.797. The molecule has 2 N–H and O–H groups in total. The Hall–Kier alpha value is -1.22. The zero-order chi connectivity index (χ0) is 14.3. The van der Waals surface area contributed by atoms with Gasteiger partial charge in [-0.1, -0.05) is 19.1 Å². The smallest absolute Gasteiger partial charge is 0.0991 e. The monoisotopic (exact) mass is 280 g/mol. The predicted molar refractivity (Wildman–Crippen MR) is 77.1 cm³/mol. The molecule has 0 aromatic heterocycles. The molecule has 0 heterocycles. The number of hydrogen-bond donors (Lipinski definition) is 2. The van der Waals surface area contributed by atoms with Gasteiger partial charge in [-0.15, -0.1) is 0 Å². The number of rotatable bonds is 7. The van der Waals surface area contributed by atoms with Crippen molar-refractivity contribution in [1.29, 1.82) is 5.26 Å². The molecule has 0 aliphatic carbocycles. The van der Waals surface area contributed by atoms with Crippen molar-refractivity contribution in [2.24, 2.45) is 0 Å². The highest BCUT2D eigenvalue weighted by atomic mass is 32.2. The summed E-state index contributed by atoms with van der Waals surface area (Å²) in [6.07, 6.45) is 1.94. The fourth-order valence-electron chi connectivity index (χ4n) is 1.61. The summed E-state index contributed by atoms with van der Waals surface area (Å²) in [6.45, 7) is 3.14. The first kappa shape index (κ1) is 15.8. The van der Waals surface area contributed by atoms with Crippen LogP contribution in [0.5, 0.6) is 0 Å². The first-order valence-electron chi connectivity index (χ1n) is 6.25. The minimum Gasteiger partial charge on any atom is -0.387 e. The molecule has 3 unspecified atom stereocenters. The van der Waals surface area contributed by atoms with E-state index in [-0.39, 0.29) is 5.25 Å². The zero-order valence-electron chi connectivity index (χ0n) is 11.3. The number of aliphatic hydroxyl groups is 1. The molecule has 1 rings (SSSR count). The second kappa shape index (κ2) is 8.05. The van der Waals surface area contributed by atoms with E-state index in [9.17, 15) is 9.32 Å². The van der Waals surface area contributed by atoms with Crippen LogP contribution < -0.4 is 5.32 Å². The lowest BCUT2D eigenvalue weighted by Gasteiger charge is -2.13. The lowest BCUT2D eigenvalue weighted by molar-refractivity contribution is 0.175. The molecule has 0 saturated carbocycles. The first-order chi connectivity index (χ1) is 9.04. The third-order valence-electron chi connectivity index (χ3n) is 3.06. The van der Waals surface area contributed by atoms with Gasteiger partial charge in [0, 0.05) is 28.9 Å². The van der Waals surface area contributed by atoms with Crippen LogP contribution in [0.15, 0.2) is 24.3 Å². The maximum absolute atomic E-state index is 11.2. The van der Waals surface area contributed by atoms with E-state index in [0.29, 0.717) is 12.1 Å². The average molecular weight is 280 g/mol. The third-order valence-corrected chi connectivity index (χ3v) is 4.43. The molecule has 104 valence electrons. The average Bonchev–Trinajstić information content (AvgIpc) is 2.43. The molecule has 3 atom stereocenters. The SMILES string of the molecule is CC(CCNCC(O)c1ccc(C#N)cc1)S(C)=O. The highest BCUT2D eigenvalue weighted by Gasteiger charge is 2.08. The van der Waals surface area contributed by atoms with Gasteiger partial charge in [0.25, 0.3) is 0 Å². The van der Waals surface area contributed by atoms with Crippen molar-refractivity contribution in [2.45, 2.75) is 24.7 Å². The van der Waals surface area contributed by atoms with Gasteiger partial charge in [-0.3, -0.25) is 4.21 Å². The summed E-state index contributed by atoms with van der Waals surface area (Å²) >= 11 is 0. The maximum Gasteiger partial charge on any atom is 0.0991 e. The van der Waals surface area contributed by atoms with Crippen LogP contribution in [-0.4, -0.2) is 33.9 Å². The number of benzene rings is 1. The molecular formula is C14H20N2O2S. The molecule has 0 spiro atoms. The minimum atomic E-state index is -0.797. The van der Waals surface area contributed by atoms with Crippen molar-refractivity contribution in [3.05, 3.63) is 35.4 Å². The molecule has 4 nitrogen and oxygen atoms in total. The van der Waals surface area contributed by atoms with Crippen LogP contribution >= 0.6 is 0 Å². The summed E-state index contributed by atoms with van der Waals surface area (Å²) in [5, 5.41) is 22.0. The fourth-order valence-corrected chi connectivity index (χ4v) is 2.06. The van der Waals surface area contributed by atoms with Crippen molar-refractivity contribution >= 4 is 10.8 Å². The predicted octanol–water partition coefficient (Wildman–Crippen LogP) is 1.34. The van der Waals surface area contributed by atoms with Gasteiger partial charge in [0.05, 0.1) is 17.7 Å². The lowest BCUT2D eigenvalue weighted by Crippen LogP contribution is -2.25. The minimum absolute atomic E-state index is 0.166. The van der Waals surface area contributed by atoms with Crippen molar-refractivity contribution in [2.75, 3.05) is 19.3 Å². The fraction of sp³-hybridized carbons (Fsp3) is 0.500. The summed E-state index contributed by atoms with van der Waals surface area (Å²) in [5.74, 6) is 0. The van der Waals surface area contributed by atoms with Gasteiger partial charge in [0.15, 0.2) is 0 Å². The molecule has 0 fully saturated rings. The van der Waals surface area contributed by atoms with Gasteiger partial charge in [0.1, 0.15) is 0 Å². The van der Waals surface area contributed by atoms with E-state index in [1.807, 2.05) is 13.0 Å². The largest absolute Gasteiger partial charge is 0.387 e. The van der Waals surface area contributed by atoms with Gasteiger partial charge in [-0.2, -0.15) is 5.26 Å². The molecule has 0 bridgehead atoms. The summed E-state index contributed by atoms with van der Waals surface area (Å²) in [6, 6.07) is 8.95. The van der Waals surface area contributed by atoms with Crippen LogP contribution in [0, 0.1) is 11.3 Å². The number of hydrogen-bond acceptors (Lipinski definition) is 4. The highest BCUT2D eigenvalue weighted by Crippen LogP contribution is 2.12. The molecule has 0 saturated heterocycles. The topological polar surface area (TPSA) is 73.1 Å². The second-order valence-electron chi connectivity index (χ2n) is 4.55. The Morgan fingerprint density at radius 1 is 1.42 bits per heavy atom. The van der Waals surface area contributed by atoms with Crippen molar-refractivity contribution in [3.8, 4) is 6.07 Å². The van der Waals surface area contributed by atoms with E-state index in [0.717, 1.165) is 18.5 Å². The molecule has 0 aliphatic heterocycles. The number of nitrogens with zero attached hydrogens (tertiary/aromatic N) is 1. The Morgan fingerprint density at radius 2 is 2.05 bits per heavy atom. The molecular weight excluding hydrogens is 260 g/mol. The van der Waals surface area contributed by atoms with Crippen LogP contribution in [0.3, 0.4) is 0 Å². The van der Waals surface area contributed by atoms with Gasteiger partial charge in [-0.05, 0) is 30.7 Å². The van der Waals surface area contributed by atoms with Crippen molar-refractivity contribution in [1.82, 2.24) is 5.32 Å². The van der Waals surface area contributed by atoms with Gasteiger partial charge in [-0.25, -0.2) is 0 Å². The highest BCUT2D eigenvalue weighted by molar-refractivity contribution is 7.84. The molecule has 19 heavy (non-hydrogen) atoms. The van der Waals surface area contributed by atoms with Crippen LogP contribution in [0.25, 0.3) is 0 Å². The van der Waals surface area contributed by atoms with Gasteiger partial charge in [0.2, 0.25) is 0 Å². The maximum atomic E-state index is 11.2. The normalized spacial score (nSPS) is 15.5. The standard InChI is InChI=1S/C14H20N2O2S/c1-11(19(2)18)7-8-16-10-14(17)13-5-3-12(9-15)4-6-13/h3-6,11,14,16-17H,7-8,10H2,1-2H3. The van der Waals surface area contributed by atoms with E-state index in [1.54, 1.807) is 30.5 Å². The molecule has 0 aliphatic rings. The number of nitrogens with one attached hydrogen (secondary N) is 1. The third kappa shape index (κ3) is 5.52. The van der Waals surface area contributed by atoms with E-state index < -0.39 is 16.9 Å². The van der Waals surface area contributed by atoms with Gasteiger partial charge >= 0.3 is 0 Å². The number of aliphatic hydroxyl groups excluding tert-OH is 1. The van der Waals surface area contributed by atoms with Crippen molar-refractivity contribution < 1.29 is 9.32 Å². The van der Waals surface area contributed by atoms with Gasteiger partial charge < -0.3 is 10.4 Å². The van der Waals surface area contributed by atoms with E-state index in [1.165, 1.54) is 0 Å². The summed E-state index contributed by atoms with van der Waals surface area (Å²) < 4.78 is 11.2. The molecule has 1 aromatic carbocycles. The Bertz CT molecular complexity index is 454. The quantitative estimate of drug-likeness (QED) is 0.739. The first-order valence-corrected chi connectivity index (χ1v) is 7.87. The van der Waals surface area contributed by atoms with Crippen LogP contribution in [0.2, 0.25) is 0 Å². The lowest BCUT2D eigenvalue weighted by atomic mass is 10.1. The van der Waals surface area contributed by atoms with E-state index in [2.05, 4.69) is 5.32 Å². The van der Waals surface area contributed by atoms with Crippen molar-refractivity contribution in [3.63, 3.8) is 0 Å². The zero-order valence-corrected chi connectivity index (χ0v) is 12.1. The molecule has 0 amide bonds. The van der Waals surface area contributed by atoms with Crippen LogP contribution in [0.1, 0.15) is 30.6 Å². The summed E-state index contributed by atoms with van der Waals surface area (Å²) in [5.41, 5.74) is 1.38. The Kier molecular flexibility index (Phi) is 6.71. The van der Waals surface area contributed by atoms with E-state index in [4.69, 9.17) is 5.26 Å². The Morgan fingerprint density at radius 3 is 2.58 bits per heavy atom. The number of nitriles is 1. The molecule has 1 aromatic rings. The van der Waals surface area contributed by atoms with Crippen LogP contribution in [0.4, 0.5) is 0 Å².